The fourth-order valence-electron chi connectivity index (χ4n) is 0.601. The van der Waals surface area contributed by atoms with Crippen LogP contribution in [0.25, 0.3) is 0 Å². The lowest BCUT2D eigenvalue weighted by Crippen LogP contribution is -1.85. The molecule has 0 aliphatic rings. The Bertz CT molecular complexity index is 204. The Morgan fingerprint density at radius 2 is 2.20 bits per heavy atom. The van der Waals surface area contributed by atoms with Gasteiger partial charge in [-0.2, -0.15) is 5.10 Å². The Balaban J connectivity index is 2.59. The van der Waals surface area contributed by atoms with Crippen LogP contribution in [0.2, 0.25) is 0 Å². The standard InChI is InChI=1S/C8H9N2/c1-2-9-10-8-6-4-3-5-7-8/h2,4-7,10H,1H3. The molecule has 0 aliphatic carbocycles. The van der Waals surface area contributed by atoms with E-state index >= 15 is 0 Å². The maximum atomic E-state index is 3.85. The Kier molecular flexibility index (Phi) is 2.49. The Labute approximate surface area is 60.6 Å². The highest BCUT2D eigenvalue weighted by Crippen LogP contribution is 2.02. The molecule has 0 atom stereocenters. The summed E-state index contributed by atoms with van der Waals surface area (Å²) in [5, 5.41) is 3.85. The first-order valence-corrected chi connectivity index (χ1v) is 3.13. The lowest BCUT2D eigenvalue weighted by molar-refractivity contribution is 1.35. The molecule has 10 heavy (non-hydrogen) atoms. The zero-order chi connectivity index (χ0) is 7.23. The van der Waals surface area contributed by atoms with Gasteiger partial charge in [0.25, 0.3) is 0 Å². The van der Waals surface area contributed by atoms with E-state index < -0.39 is 0 Å². The van der Waals surface area contributed by atoms with Crippen molar-refractivity contribution in [1.82, 2.24) is 0 Å². The van der Waals surface area contributed by atoms with E-state index in [1.165, 1.54) is 0 Å². The molecule has 0 saturated carbocycles. The number of nitrogens with one attached hydrogen (secondary N) is 1. The van der Waals surface area contributed by atoms with Gasteiger partial charge in [-0.05, 0) is 25.1 Å². The molecular formula is C8H9N2. The first-order valence-electron chi connectivity index (χ1n) is 3.13. The highest BCUT2D eigenvalue weighted by molar-refractivity contribution is 5.56. The van der Waals surface area contributed by atoms with Crippen LogP contribution in [0.3, 0.4) is 0 Å². The van der Waals surface area contributed by atoms with Crippen LogP contribution in [0.1, 0.15) is 6.92 Å². The second-order valence-corrected chi connectivity index (χ2v) is 1.79. The summed E-state index contributed by atoms with van der Waals surface area (Å²) < 4.78 is 0. The van der Waals surface area contributed by atoms with Crippen molar-refractivity contribution in [2.45, 2.75) is 6.92 Å². The summed E-state index contributed by atoms with van der Waals surface area (Å²) in [7, 11) is 0. The third-order valence-electron chi connectivity index (χ3n) is 1.04. The average Bonchev–Trinajstić information content (AvgIpc) is 2.03. The van der Waals surface area contributed by atoms with Gasteiger partial charge >= 0.3 is 0 Å². The van der Waals surface area contributed by atoms with Crippen LogP contribution in [0.15, 0.2) is 29.4 Å². The quantitative estimate of drug-likeness (QED) is 0.483. The summed E-state index contributed by atoms with van der Waals surface area (Å²) in [6.45, 7) is 1.86. The molecule has 0 saturated heterocycles. The second kappa shape index (κ2) is 3.67. The van der Waals surface area contributed by atoms with Crippen LogP contribution in [-0.4, -0.2) is 6.21 Å². The normalized spacial score (nSPS) is 10.1. The van der Waals surface area contributed by atoms with E-state index in [0.29, 0.717) is 0 Å². The van der Waals surface area contributed by atoms with Crippen LogP contribution in [0.5, 0.6) is 0 Å². The largest absolute Gasteiger partial charge is 0.279 e. The Morgan fingerprint density at radius 1 is 1.50 bits per heavy atom. The van der Waals surface area contributed by atoms with Gasteiger partial charge in [0.05, 0.1) is 5.69 Å². The molecule has 0 aromatic heterocycles. The van der Waals surface area contributed by atoms with E-state index in [-0.39, 0.29) is 0 Å². The summed E-state index contributed by atoms with van der Waals surface area (Å²) in [5.74, 6) is 0. The van der Waals surface area contributed by atoms with Gasteiger partial charge in [-0.15, -0.1) is 0 Å². The predicted molar refractivity (Wildman–Crippen MR) is 43.1 cm³/mol. The van der Waals surface area contributed by atoms with E-state index in [0.717, 1.165) is 5.69 Å². The van der Waals surface area contributed by atoms with Gasteiger partial charge in [-0.25, -0.2) is 0 Å². The zero-order valence-corrected chi connectivity index (χ0v) is 5.83. The van der Waals surface area contributed by atoms with Crippen LogP contribution < -0.4 is 5.43 Å². The molecule has 1 aromatic carbocycles. The van der Waals surface area contributed by atoms with Crippen LogP contribution in [-0.2, 0) is 0 Å². The molecule has 0 bridgehead atoms. The topological polar surface area (TPSA) is 24.4 Å². The minimum Gasteiger partial charge on any atom is -0.279 e. The van der Waals surface area contributed by atoms with Crippen molar-refractivity contribution in [3.8, 4) is 0 Å². The van der Waals surface area contributed by atoms with Crippen molar-refractivity contribution in [2.75, 3.05) is 5.43 Å². The monoisotopic (exact) mass is 133 g/mol. The van der Waals surface area contributed by atoms with Gasteiger partial charge in [0.15, 0.2) is 0 Å². The number of nitrogens with zero attached hydrogens (tertiary/aromatic N) is 1. The van der Waals surface area contributed by atoms with Crippen molar-refractivity contribution in [3.63, 3.8) is 0 Å². The first kappa shape index (κ1) is 6.81. The van der Waals surface area contributed by atoms with E-state index in [4.69, 9.17) is 0 Å². The molecule has 1 N–H and O–H groups in total. The number of hydrazone groups is 1. The number of hydrogen-bond acceptors (Lipinski definition) is 2. The maximum absolute atomic E-state index is 3.85. The molecule has 1 aromatic rings. The summed E-state index contributed by atoms with van der Waals surface area (Å²) in [6.07, 6.45) is 1.71. The average molecular weight is 133 g/mol. The van der Waals surface area contributed by atoms with E-state index in [2.05, 4.69) is 16.6 Å². The Hall–Kier alpha value is -1.31. The first-order chi connectivity index (χ1) is 4.93. The van der Waals surface area contributed by atoms with E-state index in [1.807, 2.05) is 31.2 Å². The number of rotatable bonds is 2. The second-order valence-electron chi connectivity index (χ2n) is 1.79. The SMILES string of the molecule is CC=NNc1cc[c]cc1. The fraction of sp³-hybridized carbons (Fsp3) is 0.125. The zero-order valence-electron chi connectivity index (χ0n) is 5.83. The molecular weight excluding hydrogens is 124 g/mol. The van der Waals surface area contributed by atoms with Crippen molar-refractivity contribution in [3.05, 3.63) is 30.3 Å². The fourth-order valence-corrected chi connectivity index (χ4v) is 0.601. The van der Waals surface area contributed by atoms with Gasteiger partial charge in [-0.3, -0.25) is 5.43 Å². The van der Waals surface area contributed by atoms with Crippen molar-refractivity contribution in [2.24, 2.45) is 5.10 Å². The number of anilines is 1. The molecule has 0 fully saturated rings. The van der Waals surface area contributed by atoms with E-state index in [1.54, 1.807) is 6.21 Å². The Morgan fingerprint density at radius 3 is 2.80 bits per heavy atom. The molecule has 1 radical (unpaired) electrons. The van der Waals surface area contributed by atoms with Crippen molar-refractivity contribution in [1.29, 1.82) is 0 Å². The molecule has 2 heteroatoms. The smallest absolute Gasteiger partial charge is 0.0562 e. The van der Waals surface area contributed by atoms with Crippen LogP contribution in [0.4, 0.5) is 5.69 Å². The van der Waals surface area contributed by atoms with Crippen molar-refractivity contribution < 1.29 is 0 Å². The maximum Gasteiger partial charge on any atom is 0.0562 e. The third kappa shape index (κ3) is 1.90. The molecule has 0 spiro atoms. The van der Waals surface area contributed by atoms with Gasteiger partial charge in [-0.1, -0.05) is 12.1 Å². The lowest BCUT2D eigenvalue weighted by Gasteiger charge is -1.95. The van der Waals surface area contributed by atoms with Gasteiger partial charge in [0, 0.05) is 6.21 Å². The molecule has 2 nitrogen and oxygen atoms in total. The summed E-state index contributed by atoms with van der Waals surface area (Å²) >= 11 is 0. The lowest BCUT2D eigenvalue weighted by atomic mass is 10.3. The van der Waals surface area contributed by atoms with Crippen LogP contribution in [0, 0.1) is 6.07 Å². The molecule has 1 rings (SSSR count). The number of hydrogen-bond donors (Lipinski definition) is 1. The molecule has 0 heterocycles. The van der Waals surface area contributed by atoms with E-state index in [9.17, 15) is 0 Å². The molecule has 0 unspecified atom stereocenters. The molecule has 0 aliphatic heterocycles. The van der Waals surface area contributed by atoms with Gasteiger partial charge in [0.2, 0.25) is 0 Å². The number of benzene rings is 1. The highest BCUT2D eigenvalue weighted by Gasteiger charge is 1.81. The highest BCUT2D eigenvalue weighted by atomic mass is 15.3. The summed E-state index contributed by atoms with van der Waals surface area (Å²) in [6, 6.07) is 10.4. The van der Waals surface area contributed by atoms with Crippen molar-refractivity contribution >= 4 is 11.9 Å². The summed E-state index contributed by atoms with van der Waals surface area (Å²) in [5.41, 5.74) is 3.83. The summed E-state index contributed by atoms with van der Waals surface area (Å²) in [4.78, 5) is 0. The molecule has 51 valence electrons. The minimum atomic E-state index is 0.983. The third-order valence-corrected chi connectivity index (χ3v) is 1.04. The molecule has 0 amide bonds. The minimum absolute atomic E-state index is 0.983. The van der Waals surface area contributed by atoms with Gasteiger partial charge in [0.1, 0.15) is 0 Å². The van der Waals surface area contributed by atoms with Crippen LogP contribution >= 0.6 is 0 Å². The predicted octanol–water partition coefficient (Wildman–Crippen LogP) is 1.90. The van der Waals surface area contributed by atoms with Gasteiger partial charge < -0.3 is 0 Å².